The van der Waals surface area contributed by atoms with Crippen molar-refractivity contribution in [2.75, 3.05) is 16.8 Å². The first-order valence-corrected chi connectivity index (χ1v) is 11.1. The second-order valence-corrected chi connectivity index (χ2v) is 7.94. The maximum Gasteiger partial charge on any atom is 0.258 e. The molecule has 0 atom stereocenters. The van der Waals surface area contributed by atoms with Crippen molar-refractivity contribution in [2.24, 2.45) is 0 Å². The average Bonchev–Trinajstić information content (AvgIpc) is 2.85. The lowest BCUT2D eigenvalue weighted by molar-refractivity contribution is -0.111. The molecule has 4 nitrogen and oxygen atoms in total. The van der Waals surface area contributed by atoms with Crippen molar-refractivity contribution < 1.29 is 9.59 Å². The summed E-state index contributed by atoms with van der Waals surface area (Å²) in [6.45, 7) is 2.50. The molecule has 0 unspecified atom stereocenters. The topological polar surface area (TPSA) is 49.4 Å². The zero-order chi connectivity index (χ0) is 23.2. The lowest BCUT2D eigenvalue weighted by atomic mass is 10.1. The molecule has 4 aromatic carbocycles. The molecule has 0 heterocycles. The van der Waals surface area contributed by atoms with Crippen molar-refractivity contribution in [3.8, 4) is 0 Å². The van der Waals surface area contributed by atoms with Crippen molar-refractivity contribution in [3.05, 3.63) is 113 Å². The van der Waals surface area contributed by atoms with Crippen LogP contribution in [-0.2, 0) is 4.79 Å². The average molecular weight is 455 g/mol. The molecule has 164 valence electrons. The van der Waals surface area contributed by atoms with Crippen LogP contribution in [0.3, 0.4) is 0 Å². The molecule has 0 bridgehead atoms. The molecule has 33 heavy (non-hydrogen) atoms. The SMILES string of the molecule is CCN(C(=O)c1ccc(NC(=O)/C=C/c2ccc(Cl)cc2)cc1)c1cccc2ccccc12. The van der Waals surface area contributed by atoms with Gasteiger partial charge in [0.15, 0.2) is 0 Å². The molecule has 4 aromatic rings. The Kier molecular flexibility index (Phi) is 6.86. The highest BCUT2D eigenvalue weighted by Gasteiger charge is 2.18. The van der Waals surface area contributed by atoms with Gasteiger partial charge in [0, 0.05) is 34.3 Å². The first-order chi connectivity index (χ1) is 16.0. The van der Waals surface area contributed by atoms with Gasteiger partial charge in [0.25, 0.3) is 5.91 Å². The summed E-state index contributed by atoms with van der Waals surface area (Å²) in [5.41, 5.74) is 2.93. The van der Waals surface area contributed by atoms with Crippen LogP contribution < -0.4 is 10.2 Å². The van der Waals surface area contributed by atoms with Crippen LogP contribution in [0.1, 0.15) is 22.8 Å². The van der Waals surface area contributed by atoms with Gasteiger partial charge in [-0.25, -0.2) is 0 Å². The summed E-state index contributed by atoms with van der Waals surface area (Å²) in [5, 5.41) is 5.58. The highest BCUT2D eigenvalue weighted by atomic mass is 35.5. The fourth-order valence-electron chi connectivity index (χ4n) is 3.65. The number of halogens is 1. The van der Waals surface area contributed by atoms with Gasteiger partial charge >= 0.3 is 0 Å². The zero-order valence-electron chi connectivity index (χ0n) is 18.2. The van der Waals surface area contributed by atoms with E-state index in [0.29, 0.717) is 22.8 Å². The molecular formula is C28H23ClN2O2. The van der Waals surface area contributed by atoms with Gasteiger partial charge in [-0.2, -0.15) is 0 Å². The van der Waals surface area contributed by atoms with Gasteiger partial charge in [0.2, 0.25) is 5.91 Å². The number of carbonyl (C=O) groups excluding carboxylic acids is 2. The normalized spacial score (nSPS) is 11.0. The number of carbonyl (C=O) groups is 2. The molecule has 0 saturated carbocycles. The quantitative estimate of drug-likeness (QED) is 0.325. The maximum absolute atomic E-state index is 13.3. The molecule has 1 N–H and O–H groups in total. The number of fused-ring (bicyclic) bond motifs is 1. The van der Waals surface area contributed by atoms with E-state index in [4.69, 9.17) is 11.6 Å². The van der Waals surface area contributed by atoms with Crippen LogP contribution in [0.5, 0.6) is 0 Å². The largest absolute Gasteiger partial charge is 0.323 e. The van der Waals surface area contributed by atoms with E-state index < -0.39 is 0 Å². The minimum absolute atomic E-state index is 0.0886. The monoisotopic (exact) mass is 454 g/mol. The predicted octanol–water partition coefficient (Wildman–Crippen LogP) is 6.81. The Morgan fingerprint density at radius 2 is 1.58 bits per heavy atom. The van der Waals surface area contributed by atoms with Crippen LogP contribution in [0.15, 0.2) is 97.1 Å². The zero-order valence-corrected chi connectivity index (χ0v) is 18.9. The number of amides is 2. The second kappa shape index (κ2) is 10.2. The molecular weight excluding hydrogens is 432 g/mol. The first-order valence-electron chi connectivity index (χ1n) is 10.7. The number of nitrogens with one attached hydrogen (secondary N) is 1. The molecule has 0 aliphatic heterocycles. The summed E-state index contributed by atoms with van der Waals surface area (Å²) < 4.78 is 0. The minimum Gasteiger partial charge on any atom is -0.323 e. The minimum atomic E-state index is -0.255. The van der Waals surface area contributed by atoms with Gasteiger partial charge < -0.3 is 10.2 Å². The van der Waals surface area contributed by atoms with Crippen LogP contribution in [0.25, 0.3) is 16.8 Å². The molecule has 0 radical (unpaired) electrons. The van der Waals surface area contributed by atoms with E-state index >= 15 is 0 Å². The van der Waals surface area contributed by atoms with Crippen molar-refractivity contribution >= 4 is 51.6 Å². The molecule has 0 fully saturated rings. The lowest BCUT2D eigenvalue weighted by Gasteiger charge is -2.23. The Morgan fingerprint density at radius 1 is 0.879 bits per heavy atom. The summed E-state index contributed by atoms with van der Waals surface area (Å²) in [6, 6.07) is 28.1. The van der Waals surface area contributed by atoms with E-state index in [1.807, 2.05) is 61.5 Å². The van der Waals surface area contributed by atoms with Crippen LogP contribution >= 0.6 is 11.6 Å². The van der Waals surface area contributed by atoms with E-state index in [2.05, 4.69) is 5.32 Å². The summed E-state index contributed by atoms with van der Waals surface area (Å²) in [5.74, 6) is -0.343. The highest BCUT2D eigenvalue weighted by Crippen LogP contribution is 2.28. The molecule has 0 aliphatic rings. The Morgan fingerprint density at radius 3 is 2.30 bits per heavy atom. The van der Waals surface area contributed by atoms with Gasteiger partial charge in [0.1, 0.15) is 0 Å². The summed E-state index contributed by atoms with van der Waals surface area (Å²) in [7, 11) is 0. The van der Waals surface area contributed by atoms with Gasteiger partial charge in [-0.05, 0) is 66.4 Å². The highest BCUT2D eigenvalue weighted by molar-refractivity contribution is 6.30. The number of benzene rings is 4. The number of hydrogen-bond donors (Lipinski definition) is 1. The van der Waals surface area contributed by atoms with Gasteiger partial charge in [-0.1, -0.05) is 60.1 Å². The molecule has 4 rings (SSSR count). The Labute approximate surface area is 198 Å². The van der Waals surface area contributed by atoms with Crippen molar-refractivity contribution in [2.45, 2.75) is 6.92 Å². The molecule has 2 amide bonds. The molecule has 0 aliphatic carbocycles. The van der Waals surface area contributed by atoms with Crippen LogP contribution in [0.2, 0.25) is 5.02 Å². The third kappa shape index (κ3) is 5.30. The predicted molar refractivity (Wildman–Crippen MR) is 137 cm³/mol. The van der Waals surface area contributed by atoms with Gasteiger partial charge in [0.05, 0.1) is 5.69 Å². The van der Waals surface area contributed by atoms with E-state index in [1.54, 1.807) is 47.4 Å². The van der Waals surface area contributed by atoms with Crippen molar-refractivity contribution in [1.29, 1.82) is 0 Å². The van der Waals surface area contributed by atoms with Crippen LogP contribution in [0.4, 0.5) is 11.4 Å². The third-order valence-electron chi connectivity index (χ3n) is 5.32. The van der Waals surface area contributed by atoms with E-state index in [9.17, 15) is 9.59 Å². The fraction of sp³-hybridized carbons (Fsp3) is 0.0714. The summed E-state index contributed by atoms with van der Waals surface area (Å²) >= 11 is 5.88. The molecule has 0 aromatic heterocycles. The number of hydrogen-bond acceptors (Lipinski definition) is 2. The van der Waals surface area contributed by atoms with E-state index in [-0.39, 0.29) is 11.8 Å². The standard InChI is InChI=1S/C28H23ClN2O2/c1-2-31(26-9-5-7-21-6-3-4-8-25(21)26)28(33)22-13-17-24(18-14-22)30-27(32)19-12-20-10-15-23(29)16-11-20/h3-19H,2H2,1H3,(H,30,32)/b19-12+. The van der Waals surface area contributed by atoms with Crippen molar-refractivity contribution in [3.63, 3.8) is 0 Å². The number of nitrogens with zero attached hydrogens (tertiary/aromatic N) is 1. The van der Waals surface area contributed by atoms with Gasteiger partial charge in [-0.3, -0.25) is 9.59 Å². The van der Waals surface area contributed by atoms with Crippen LogP contribution in [0, 0.1) is 0 Å². The molecule has 0 saturated heterocycles. The Hall–Kier alpha value is -3.89. The summed E-state index contributed by atoms with van der Waals surface area (Å²) in [6.07, 6.45) is 3.18. The first kappa shape index (κ1) is 22.3. The van der Waals surface area contributed by atoms with Crippen LogP contribution in [-0.4, -0.2) is 18.4 Å². The summed E-state index contributed by atoms with van der Waals surface area (Å²) in [4.78, 5) is 27.3. The molecule has 0 spiro atoms. The van der Waals surface area contributed by atoms with E-state index in [0.717, 1.165) is 22.0 Å². The van der Waals surface area contributed by atoms with E-state index in [1.165, 1.54) is 6.08 Å². The third-order valence-corrected chi connectivity index (χ3v) is 5.57. The van der Waals surface area contributed by atoms with Gasteiger partial charge in [-0.15, -0.1) is 0 Å². The Bertz CT molecular complexity index is 1310. The van der Waals surface area contributed by atoms with Crippen molar-refractivity contribution in [1.82, 2.24) is 0 Å². The maximum atomic E-state index is 13.3. The second-order valence-electron chi connectivity index (χ2n) is 7.50. The number of anilines is 2. The fourth-order valence-corrected chi connectivity index (χ4v) is 3.77. The smallest absolute Gasteiger partial charge is 0.258 e. The lowest BCUT2D eigenvalue weighted by Crippen LogP contribution is -2.30. The molecule has 5 heteroatoms. The Balaban J connectivity index is 1.47. The number of rotatable bonds is 6.